The van der Waals surface area contributed by atoms with Crippen molar-refractivity contribution in [1.29, 1.82) is 0 Å². The molecule has 7 heteroatoms. The quantitative estimate of drug-likeness (QED) is 0.307. The van der Waals surface area contributed by atoms with Gasteiger partial charge in [-0.3, -0.25) is 4.55 Å². The van der Waals surface area contributed by atoms with E-state index in [4.69, 9.17) is 14.0 Å². The molecule has 22 heavy (non-hydrogen) atoms. The van der Waals surface area contributed by atoms with Gasteiger partial charge in [-0.05, 0) is 37.8 Å². The number of benzene rings is 1. The van der Waals surface area contributed by atoms with Gasteiger partial charge in [-0.15, -0.1) is 0 Å². The van der Waals surface area contributed by atoms with E-state index in [0.29, 0.717) is 13.2 Å². The molecular weight excluding hydrogens is 308 g/mol. The molecule has 0 aliphatic heterocycles. The molecule has 0 aromatic heterocycles. The average molecular weight is 328 g/mol. The fourth-order valence-electron chi connectivity index (χ4n) is 1.75. The van der Waals surface area contributed by atoms with Gasteiger partial charge in [-0.25, -0.2) is 4.79 Å². The van der Waals surface area contributed by atoms with E-state index in [9.17, 15) is 13.2 Å². The lowest BCUT2D eigenvalue weighted by Gasteiger charge is -2.09. The molecule has 1 N–H and O–H groups in total. The second-order valence-corrected chi connectivity index (χ2v) is 5.95. The van der Waals surface area contributed by atoms with Crippen molar-refractivity contribution in [3.63, 3.8) is 0 Å². The summed E-state index contributed by atoms with van der Waals surface area (Å²) >= 11 is 0. The molecule has 0 spiro atoms. The van der Waals surface area contributed by atoms with E-state index in [1.54, 1.807) is 6.07 Å². The molecule has 0 radical (unpaired) electrons. The summed E-state index contributed by atoms with van der Waals surface area (Å²) in [6.07, 6.45) is 4.34. The van der Waals surface area contributed by atoms with Crippen molar-refractivity contribution in [2.75, 3.05) is 13.2 Å². The summed E-state index contributed by atoms with van der Waals surface area (Å²) in [6.45, 7) is 4.01. The van der Waals surface area contributed by atoms with Gasteiger partial charge in [0.25, 0.3) is 10.1 Å². The van der Waals surface area contributed by atoms with E-state index in [1.165, 1.54) is 18.2 Å². The molecule has 1 aromatic carbocycles. The number of unbranched alkanes of at least 4 members (excludes halogenated alkanes) is 3. The number of hydrogen-bond donors (Lipinski definition) is 1. The smallest absolute Gasteiger partial charge is 0.330 e. The summed E-state index contributed by atoms with van der Waals surface area (Å²) in [4.78, 5) is 10.6. The van der Waals surface area contributed by atoms with Crippen LogP contribution in [-0.2, 0) is 19.6 Å². The van der Waals surface area contributed by atoms with Gasteiger partial charge >= 0.3 is 5.97 Å². The van der Waals surface area contributed by atoms with Crippen molar-refractivity contribution in [1.82, 2.24) is 0 Å². The number of para-hydroxylation sites is 1. The number of carbonyl (C=O) groups excluding carboxylic acids is 1. The van der Waals surface area contributed by atoms with E-state index in [2.05, 4.69) is 6.58 Å². The summed E-state index contributed by atoms with van der Waals surface area (Å²) in [5.41, 5.74) is 0. The first-order valence-corrected chi connectivity index (χ1v) is 8.37. The van der Waals surface area contributed by atoms with E-state index >= 15 is 0 Å². The molecule has 0 saturated carbocycles. The van der Waals surface area contributed by atoms with Gasteiger partial charge in [0, 0.05) is 6.08 Å². The number of ether oxygens (including phenoxy) is 2. The topological polar surface area (TPSA) is 89.9 Å². The molecule has 1 aromatic rings. The zero-order valence-corrected chi connectivity index (χ0v) is 13.0. The van der Waals surface area contributed by atoms with E-state index in [0.717, 1.165) is 31.8 Å². The Balaban J connectivity index is 2.23. The molecule has 0 bridgehead atoms. The van der Waals surface area contributed by atoms with E-state index in [-0.39, 0.29) is 10.6 Å². The predicted octanol–water partition coefficient (Wildman–Crippen LogP) is 2.60. The van der Waals surface area contributed by atoms with Gasteiger partial charge in [-0.2, -0.15) is 8.42 Å². The Labute approximate surface area is 130 Å². The third-order valence-electron chi connectivity index (χ3n) is 2.83. The number of rotatable bonds is 10. The highest BCUT2D eigenvalue weighted by atomic mass is 32.2. The van der Waals surface area contributed by atoms with Crippen molar-refractivity contribution in [2.24, 2.45) is 0 Å². The average Bonchev–Trinajstić information content (AvgIpc) is 2.49. The predicted molar refractivity (Wildman–Crippen MR) is 81.4 cm³/mol. The molecule has 0 heterocycles. The lowest BCUT2D eigenvalue weighted by Crippen LogP contribution is -2.05. The molecule has 0 fully saturated rings. The summed E-state index contributed by atoms with van der Waals surface area (Å²) < 4.78 is 41.6. The fourth-order valence-corrected chi connectivity index (χ4v) is 2.39. The molecule has 122 valence electrons. The fraction of sp³-hybridized carbons (Fsp3) is 0.400. The Morgan fingerprint density at radius 3 is 2.41 bits per heavy atom. The van der Waals surface area contributed by atoms with E-state index < -0.39 is 16.1 Å². The van der Waals surface area contributed by atoms with Crippen molar-refractivity contribution in [3.8, 4) is 5.75 Å². The van der Waals surface area contributed by atoms with Crippen LogP contribution in [-0.4, -0.2) is 32.2 Å². The van der Waals surface area contributed by atoms with Crippen molar-refractivity contribution in [3.05, 3.63) is 36.9 Å². The highest BCUT2D eigenvalue weighted by Crippen LogP contribution is 2.23. The van der Waals surface area contributed by atoms with Gasteiger partial charge in [0.15, 0.2) is 0 Å². The molecular formula is C15H20O6S. The minimum atomic E-state index is -4.28. The van der Waals surface area contributed by atoms with Crippen LogP contribution in [0.2, 0.25) is 0 Å². The second-order valence-electron chi connectivity index (χ2n) is 4.56. The molecule has 0 aliphatic carbocycles. The maximum Gasteiger partial charge on any atom is 0.330 e. The Morgan fingerprint density at radius 1 is 1.14 bits per heavy atom. The zero-order valence-electron chi connectivity index (χ0n) is 12.2. The van der Waals surface area contributed by atoms with Crippen LogP contribution >= 0.6 is 0 Å². The molecule has 0 unspecified atom stereocenters. The third kappa shape index (κ3) is 6.73. The Kier molecular flexibility index (Phi) is 7.62. The number of hydrogen-bond acceptors (Lipinski definition) is 5. The largest absolute Gasteiger partial charge is 0.492 e. The highest BCUT2D eigenvalue weighted by molar-refractivity contribution is 7.86. The molecule has 6 nitrogen and oxygen atoms in total. The minimum Gasteiger partial charge on any atom is -0.492 e. The first-order valence-electron chi connectivity index (χ1n) is 6.93. The SMILES string of the molecule is C=CC(=O)OCCCCCCOc1ccccc1S(=O)(=O)O. The van der Waals surface area contributed by atoms with Crippen LogP contribution in [0.15, 0.2) is 41.8 Å². The lowest BCUT2D eigenvalue weighted by molar-refractivity contribution is -0.137. The van der Waals surface area contributed by atoms with Crippen LogP contribution in [0, 0.1) is 0 Å². The summed E-state index contributed by atoms with van der Waals surface area (Å²) in [5.74, 6) is -0.282. The summed E-state index contributed by atoms with van der Waals surface area (Å²) in [5, 5.41) is 0. The van der Waals surface area contributed by atoms with Crippen molar-refractivity contribution in [2.45, 2.75) is 30.6 Å². The first-order chi connectivity index (χ1) is 10.4. The Bertz CT molecular complexity index is 594. The van der Waals surface area contributed by atoms with Crippen LogP contribution in [0.3, 0.4) is 0 Å². The maximum atomic E-state index is 11.2. The van der Waals surface area contributed by atoms with Gasteiger partial charge < -0.3 is 9.47 Å². The van der Waals surface area contributed by atoms with E-state index in [1.807, 2.05) is 0 Å². The minimum absolute atomic E-state index is 0.143. The van der Waals surface area contributed by atoms with Gasteiger partial charge in [0.1, 0.15) is 10.6 Å². The molecule has 0 atom stereocenters. The van der Waals surface area contributed by atoms with Crippen LogP contribution in [0.5, 0.6) is 5.75 Å². The second kappa shape index (κ2) is 9.22. The summed E-state index contributed by atoms with van der Waals surface area (Å²) in [6, 6.07) is 5.94. The molecule has 1 rings (SSSR count). The standard InChI is InChI=1S/C15H20O6S/c1-2-15(16)21-12-8-4-3-7-11-20-13-9-5-6-10-14(13)22(17,18)19/h2,5-6,9-10H,1,3-4,7-8,11-12H2,(H,17,18,19). The van der Waals surface area contributed by atoms with Gasteiger partial charge in [-0.1, -0.05) is 18.7 Å². The molecule has 0 aliphatic rings. The number of esters is 1. The maximum absolute atomic E-state index is 11.2. The van der Waals surface area contributed by atoms with Crippen LogP contribution < -0.4 is 4.74 Å². The van der Waals surface area contributed by atoms with Crippen molar-refractivity contribution >= 4 is 16.1 Å². The number of carbonyl (C=O) groups is 1. The Hall–Kier alpha value is -1.86. The molecule has 0 saturated heterocycles. The normalized spacial score (nSPS) is 11.0. The molecule has 0 amide bonds. The zero-order chi connectivity index (χ0) is 16.4. The highest BCUT2D eigenvalue weighted by Gasteiger charge is 2.15. The lowest BCUT2D eigenvalue weighted by atomic mass is 10.2. The van der Waals surface area contributed by atoms with Crippen LogP contribution in [0.25, 0.3) is 0 Å². The Morgan fingerprint density at radius 2 is 1.77 bits per heavy atom. The van der Waals surface area contributed by atoms with Crippen LogP contribution in [0.4, 0.5) is 0 Å². The summed E-state index contributed by atoms with van der Waals surface area (Å²) in [7, 11) is -4.28. The van der Waals surface area contributed by atoms with Crippen LogP contribution in [0.1, 0.15) is 25.7 Å². The third-order valence-corrected chi connectivity index (χ3v) is 3.73. The first kappa shape index (κ1) is 18.2. The van der Waals surface area contributed by atoms with Gasteiger partial charge in [0.05, 0.1) is 13.2 Å². The monoisotopic (exact) mass is 328 g/mol. The van der Waals surface area contributed by atoms with Gasteiger partial charge in [0.2, 0.25) is 0 Å². The van der Waals surface area contributed by atoms with Crippen molar-refractivity contribution < 1.29 is 27.2 Å².